The molecular formula is C28H43N3O3. The van der Waals surface area contributed by atoms with Crippen molar-refractivity contribution in [3.05, 3.63) is 29.8 Å². The number of rotatable bonds is 4. The Bertz CT molecular complexity index is 813. The first kappa shape index (κ1) is 25.0. The Morgan fingerprint density at radius 2 is 1.79 bits per heavy atom. The number of ether oxygens (including phenoxy) is 1. The van der Waals surface area contributed by atoms with E-state index in [1.54, 1.807) is 0 Å². The molecule has 2 amide bonds. The van der Waals surface area contributed by atoms with Gasteiger partial charge in [-0.05, 0) is 76.6 Å². The lowest BCUT2D eigenvalue weighted by Crippen LogP contribution is -2.52. The highest BCUT2D eigenvalue weighted by Gasteiger charge is 2.43. The van der Waals surface area contributed by atoms with Crippen molar-refractivity contribution in [3.8, 4) is 5.75 Å². The van der Waals surface area contributed by atoms with Crippen LogP contribution in [0.3, 0.4) is 0 Å². The summed E-state index contributed by atoms with van der Waals surface area (Å²) in [4.78, 5) is 30.7. The average Bonchev–Trinajstić information content (AvgIpc) is 2.86. The van der Waals surface area contributed by atoms with Gasteiger partial charge in [0.2, 0.25) is 11.8 Å². The third-order valence-corrected chi connectivity index (χ3v) is 8.22. The number of hydrogen-bond donors (Lipinski definition) is 1. The van der Waals surface area contributed by atoms with Crippen molar-refractivity contribution >= 4 is 11.8 Å². The van der Waals surface area contributed by atoms with Crippen molar-refractivity contribution in [2.24, 2.45) is 5.41 Å². The van der Waals surface area contributed by atoms with Gasteiger partial charge in [0.05, 0.1) is 18.5 Å². The zero-order valence-electron chi connectivity index (χ0n) is 21.0. The van der Waals surface area contributed by atoms with Gasteiger partial charge in [0.1, 0.15) is 12.4 Å². The number of likely N-dealkylation sites (N-methyl/N-ethyl adjacent to an activating group) is 1. The number of carbonyl (C=O) groups is 2. The highest BCUT2D eigenvalue weighted by Crippen LogP contribution is 2.39. The number of fused-ring (bicyclic) bond motifs is 1. The predicted octanol–water partition coefficient (Wildman–Crippen LogP) is 4.17. The second kappa shape index (κ2) is 12.1. The molecule has 2 heterocycles. The molecule has 0 atom stereocenters. The van der Waals surface area contributed by atoms with Crippen molar-refractivity contribution in [1.29, 1.82) is 0 Å². The minimum absolute atomic E-state index is 0.152. The molecule has 1 saturated carbocycles. The number of carbonyl (C=O) groups excluding carboxylic acids is 2. The van der Waals surface area contributed by atoms with Crippen LogP contribution < -0.4 is 10.1 Å². The lowest BCUT2D eigenvalue weighted by Gasteiger charge is -2.43. The third-order valence-electron chi connectivity index (χ3n) is 8.22. The number of hydrogen-bond acceptors (Lipinski definition) is 4. The summed E-state index contributed by atoms with van der Waals surface area (Å²) in [5.74, 6) is 1.40. The molecule has 6 nitrogen and oxygen atoms in total. The average molecular weight is 470 g/mol. The maximum absolute atomic E-state index is 13.8. The van der Waals surface area contributed by atoms with Crippen LogP contribution in [0, 0.1) is 5.41 Å². The van der Waals surface area contributed by atoms with Crippen LogP contribution in [0.4, 0.5) is 0 Å². The monoisotopic (exact) mass is 469 g/mol. The van der Waals surface area contributed by atoms with Crippen molar-refractivity contribution in [2.75, 3.05) is 39.3 Å². The zero-order valence-corrected chi connectivity index (χ0v) is 21.0. The third kappa shape index (κ3) is 6.32. The Kier molecular flexibility index (Phi) is 8.87. The second-order valence-electron chi connectivity index (χ2n) is 10.5. The van der Waals surface area contributed by atoms with Crippen molar-refractivity contribution in [2.45, 2.75) is 83.6 Å². The maximum Gasteiger partial charge on any atom is 0.234 e. The van der Waals surface area contributed by atoms with E-state index in [2.05, 4.69) is 29.3 Å². The number of nitrogens with one attached hydrogen (secondary N) is 1. The molecule has 4 rings (SSSR count). The van der Waals surface area contributed by atoms with Gasteiger partial charge in [0.25, 0.3) is 0 Å². The van der Waals surface area contributed by atoms with Gasteiger partial charge in [-0.25, -0.2) is 0 Å². The van der Waals surface area contributed by atoms with Crippen LogP contribution in [0.15, 0.2) is 24.3 Å². The molecule has 0 unspecified atom stereocenters. The van der Waals surface area contributed by atoms with Gasteiger partial charge in [-0.3, -0.25) is 14.5 Å². The fourth-order valence-corrected chi connectivity index (χ4v) is 6.07. The number of nitrogens with zero attached hydrogens (tertiary/aromatic N) is 2. The van der Waals surface area contributed by atoms with Crippen LogP contribution >= 0.6 is 0 Å². The molecule has 1 saturated heterocycles. The SMILES string of the molecule is CCN1CCOc2ccccc2CCCCC2(CCN(CC(=O)NC3CCCCC3)CC2)C1=O. The Morgan fingerprint density at radius 1 is 1.03 bits per heavy atom. The molecule has 1 aromatic carbocycles. The topological polar surface area (TPSA) is 61.9 Å². The first-order chi connectivity index (χ1) is 16.6. The molecule has 2 fully saturated rings. The van der Waals surface area contributed by atoms with Gasteiger partial charge in [0.15, 0.2) is 0 Å². The van der Waals surface area contributed by atoms with Gasteiger partial charge in [-0.1, -0.05) is 43.9 Å². The standard InChI is InChI=1S/C28H43N3O3/c1-2-31-20-21-34-25-14-7-6-10-23(25)11-8-9-15-28(27(31)33)16-18-30(19-17-28)22-26(32)29-24-12-4-3-5-13-24/h6-7,10,14,24H,2-5,8-9,11-13,15-22H2,1H3,(H,29,32). The number of benzene rings is 1. The van der Waals surface area contributed by atoms with Crippen LogP contribution in [-0.2, 0) is 16.0 Å². The van der Waals surface area contributed by atoms with Crippen LogP contribution in [-0.4, -0.2) is 67.0 Å². The molecule has 188 valence electrons. The van der Waals surface area contributed by atoms with E-state index in [-0.39, 0.29) is 11.3 Å². The van der Waals surface area contributed by atoms with Crippen molar-refractivity contribution in [1.82, 2.24) is 15.1 Å². The number of aryl methyl sites for hydroxylation is 1. The largest absolute Gasteiger partial charge is 0.491 e. The lowest BCUT2D eigenvalue weighted by molar-refractivity contribution is -0.146. The molecule has 0 aromatic heterocycles. The van der Waals surface area contributed by atoms with Crippen molar-refractivity contribution < 1.29 is 14.3 Å². The summed E-state index contributed by atoms with van der Waals surface area (Å²) in [7, 11) is 0. The van der Waals surface area contributed by atoms with E-state index in [9.17, 15) is 9.59 Å². The summed E-state index contributed by atoms with van der Waals surface area (Å²) in [6, 6.07) is 8.66. The summed E-state index contributed by atoms with van der Waals surface area (Å²) in [5, 5.41) is 3.25. The normalized spacial score (nSPS) is 22.9. The smallest absolute Gasteiger partial charge is 0.234 e. The minimum Gasteiger partial charge on any atom is -0.491 e. The highest BCUT2D eigenvalue weighted by molar-refractivity contribution is 5.83. The van der Waals surface area contributed by atoms with E-state index in [4.69, 9.17) is 4.74 Å². The van der Waals surface area contributed by atoms with E-state index >= 15 is 0 Å². The zero-order chi connectivity index (χ0) is 23.8. The predicted molar refractivity (Wildman–Crippen MR) is 135 cm³/mol. The fraction of sp³-hybridized carbons (Fsp3) is 0.714. The summed E-state index contributed by atoms with van der Waals surface area (Å²) in [6.07, 6.45) is 11.7. The molecule has 3 aliphatic rings. The lowest BCUT2D eigenvalue weighted by atomic mass is 9.73. The molecule has 1 N–H and O–H groups in total. The van der Waals surface area contributed by atoms with E-state index < -0.39 is 0 Å². The van der Waals surface area contributed by atoms with Gasteiger partial charge in [0, 0.05) is 12.6 Å². The molecule has 1 spiro atoms. The Morgan fingerprint density at radius 3 is 2.56 bits per heavy atom. The van der Waals surface area contributed by atoms with Gasteiger partial charge in [-0.2, -0.15) is 0 Å². The molecule has 1 aromatic rings. The fourth-order valence-electron chi connectivity index (χ4n) is 6.07. The quantitative estimate of drug-likeness (QED) is 0.719. The second-order valence-corrected chi connectivity index (χ2v) is 10.5. The summed E-state index contributed by atoms with van der Waals surface area (Å²) >= 11 is 0. The van der Waals surface area contributed by atoms with Gasteiger partial charge < -0.3 is 15.0 Å². The first-order valence-corrected chi connectivity index (χ1v) is 13.6. The summed E-state index contributed by atoms with van der Waals surface area (Å²) in [6.45, 7) is 6.03. The summed E-state index contributed by atoms with van der Waals surface area (Å²) < 4.78 is 6.09. The van der Waals surface area contributed by atoms with E-state index in [0.29, 0.717) is 38.2 Å². The Balaban J connectivity index is 1.36. The number of likely N-dealkylation sites (tertiary alicyclic amines) is 1. The van der Waals surface area contributed by atoms with Crippen molar-refractivity contribution in [3.63, 3.8) is 0 Å². The molecule has 6 heteroatoms. The molecule has 0 radical (unpaired) electrons. The van der Waals surface area contributed by atoms with Crippen LogP contribution in [0.1, 0.15) is 76.7 Å². The number of amides is 2. The van der Waals surface area contributed by atoms with E-state index in [1.165, 1.54) is 24.8 Å². The minimum atomic E-state index is -0.301. The summed E-state index contributed by atoms with van der Waals surface area (Å²) in [5.41, 5.74) is 0.968. The van der Waals surface area contributed by atoms with E-state index in [0.717, 1.165) is 70.2 Å². The first-order valence-electron chi connectivity index (χ1n) is 13.6. The van der Waals surface area contributed by atoms with E-state index in [1.807, 2.05) is 17.0 Å². The molecule has 34 heavy (non-hydrogen) atoms. The molecule has 1 aliphatic carbocycles. The van der Waals surface area contributed by atoms with Crippen LogP contribution in [0.5, 0.6) is 5.75 Å². The van der Waals surface area contributed by atoms with Gasteiger partial charge >= 0.3 is 0 Å². The van der Waals surface area contributed by atoms with Crippen LogP contribution in [0.2, 0.25) is 0 Å². The molecule has 0 bridgehead atoms. The molecular weight excluding hydrogens is 426 g/mol. The Hall–Kier alpha value is -2.08. The maximum atomic E-state index is 13.8. The Labute approximate surface area is 205 Å². The molecule has 2 aliphatic heterocycles. The van der Waals surface area contributed by atoms with Crippen LogP contribution in [0.25, 0.3) is 0 Å². The number of para-hydroxylation sites is 1. The number of piperidine rings is 1. The van der Waals surface area contributed by atoms with Gasteiger partial charge in [-0.15, -0.1) is 0 Å². The highest BCUT2D eigenvalue weighted by atomic mass is 16.5.